The van der Waals surface area contributed by atoms with E-state index in [9.17, 15) is 4.79 Å². The van der Waals surface area contributed by atoms with Gasteiger partial charge in [0, 0.05) is 12.1 Å². The Morgan fingerprint density at radius 3 is 3.00 bits per heavy atom. The van der Waals surface area contributed by atoms with Gasteiger partial charge in [-0.1, -0.05) is 12.1 Å². The summed E-state index contributed by atoms with van der Waals surface area (Å²) >= 11 is 6.50. The highest BCUT2D eigenvalue weighted by molar-refractivity contribution is 6.21. The fourth-order valence-electron chi connectivity index (χ4n) is 2.66. The van der Waals surface area contributed by atoms with Crippen LogP contribution in [0.4, 0.5) is 5.69 Å². The van der Waals surface area contributed by atoms with Crippen LogP contribution in [0, 0.1) is 0 Å². The molecule has 2 aliphatic heterocycles. The first-order valence-electron chi connectivity index (χ1n) is 7.00. The number of ether oxygens (including phenoxy) is 2. The molecular weight excluding hydrogens is 278 g/mol. The maximum absolute atomic E-state index is 11.5. The Balaban J connectivity index is 1.80. The molecule has 4 nitrogen and oxygen atoms in total. The van der Waals surface area contributed by atoms with Gasteiger partial charge in [-0.2, -0.15) is 0 Å². The number of carbonyl (C=O) groups is 1. The van der Waals surface area contributed by atoms with Crippen molar-refractivity contribution >= 4 is 23.2 Å². The second kappa shape index (κ2) is 6.12. The Kier molecular flexibility index (Phi) is 4.24. The third-order valence-electron chi connectivity index (χ3n) is 3.74. The lowest BCUT2D eigenvalue weighted by Gasteiger charge is -2.27. The number of hydrogen-bond donors (Lipinski definition) is 1. The SMILES string of the molecule is O=C1CCCc2cc(C(Cl)C3COCCO3)ccc2N1. The fourth-order valence-corrected chi connectivity index (χ4v) is 2.94. The van der Waals surface area contributed by atoms with E-state index in [0.717, 1.165) is 29.7 Å². The smallest absolute Gasteiger partial charge is 0.224 e. The molecule has 3 rings (SSSR count). The molecule has 1 amide bonds. The Morgan fingerprint density at radius 1 is 1.30 bits per heavy atom. The van der Waals surface area contributed by atoms with Crippen molar-refractivity contribution in [3.63, 3.8) is 0 Å². The number of alkyl halides is 1. The van der Waals surface area contributed by atoms with Gasteiger partial charge in [0.2, 0.25) is 5.91 Å². The third-order valence-corrected chi connectivity index (χ3v) is 4.27. The van der Waals surface area contributed by atoms with Crippen molar-refractivity contribution in [1.82, 2.24) is 0 Å². The van der Waals surface area contributed by atoms with Gasteiger partial charge < -0.3 is 14.8 Å². The minimum Gasteiger partial charge on any atom is -0.376 e. The summed E-state index contributed by atoms with van der Waals surface area (Å²) in [5.74, 6) is 0.0861. The Labute approximate surface area is 123 Å². The molecule has 2 atom stereocenters. The monoisotopic (exact) mass is 295 g/mol. The molecule has 1 saturated heterocycles. The molecule has 0 radical (unpaired) electrons. The molecule has 0 bridgehead atoms. The lowest BCUT2D eigenvalue weighted by Crippen LogP contribution is -2.31. The summed E-state index contributed by atoms with van der Waals surface area (Å²) < 4.78 is 11.1. The number of rotatable bonds is 2. The van der Waals surface area contributed by atoms with E-state index in [-0.39, 0.29) is 17.4 Å². The van der Waals surface area contributed by atoms with Crippen LogP contribution >= 0.6 is 11.6 Å². The summed E-state index contributed by atoms with van der Waals surface area (Å²) in [4.78, 5) is 11.5. The van der Waals surface area contributed by atoms with E-state index in [1.54, 1.807) is 0 Å². The molecule has 2 unspecified atom stereocenters. The van der Waals surface area contributed by atoms with Gasteiger partial charge in [0.25, 0.3) is 0 Å². The third kappa shape index (κ3) is 2.97. The maximum atomic E-state index is 11.5. The molecular formula is C15H18ClNO3. The van der Waals surface area contributed by atoms with Crippen molar-refractivity contribution in [3.8, 4) is 0 Å². The zero-order valence-corrected chi connectivity index (χ0v) is 12.0. The quantitative estimate of drug-likeness (QED) is 0.853. The van der Waals surface area contributed by atoms with Crippen LogP contribution in [0.3, 0.4) is 0 Å². The molecule has 1 fully saturated rings. The molecule has 1 N–H and O–H groups in total. The largest absolute Gasteiger partial charge is 0.376 e. The van der Waals surface area contributed by atoms with Gasteiger partial charge in [0.15, 0.2) is 0 Å². The number of nitrogens with one attached hydrogen (secondary N) is 1. The Morgan fingerprint density at radius 2 is 2.20 bits per heavy atom. The molecule has 0 aliphatic carbocycles. The zero-order chi connectivity index (χ0) is 13.9. The van der Waals surface area contributed by atoms with Gasteiger partial charge >= 0.3 is 0 Å². The van der Waals surface area contributed by atoms with Crippen molar-refractivity contribution in [2.45, 2.75) is 30.7 Å². The first-order chi connectivity index (χ1) is 9.74. The highest BCUT2D eigenvalue weighted by atomic mass is 35.5. The summed E-state index contributed by atoms with van der Waals surface area (Å²) in [6.07, 6.45) is 2.24. The van der Waals surface area contributed by atoms with Crippen LogP contribution in [-0.4, -0.2) is 31.8 Å². The van der Waals surface area contributed by atoms with Gasteiger partial charge in [-0.3, -0.25) is 4.79 Å². The molecule has 20 heavy (non-hydrogen) atoms. The van der Waals surface area contributed by atoms with Gasteiger partial charge in [-0.25, -0.2) is 0 Å². The van der Waals surface area contributed by atoms with E-state index in [2.05, 4.69) is 11.4 Å². The van der Waals surface area contributed by atoms with Crippen LogP contribution < -0.4 is 5.32 Å². The second-order valence-electron chi connectivity index (χ2n) is 5.20. The summed E-state index contributed by atoms with van der Waals surface area (Å²) in [5.41, 5.74) is 3.08. The average molecular weight is 296 g/mol. The van der Waals surface area contributed by atoms with Crippen molar-refractivity contribution in [2.24, 2.45) is 0 Å². The van der Waals surface area contributed by atoms with Crippen molar-refractivity contribution in [1.29, 1.82) is 0 Å². The van der Waals surface area contributed by atoms with Crippen LogP contribution in [0.2, 0.25) is 0 Å². The van der Waals surface area contributed by atoms with Crippen LogP contribution in [0.15, 0.2) is 18.2 Å². The highest BCUT2D eigenvalue weighted by Gasteiger charge is 2.25. The van der Waals surface area contributed by atoms with Crippen molar-refractivity contribution < 1.29 is 14.3 Å². The molecule has 2 heterocycles. The van der Waals surface area contributed by atoms with Gasteiger partial charge in [0.05, 0.1) is 25.2 Å². The standard InChI is InChI=1S/C15H18ClNO3/c16-15(13-9-19-6-7-20-13)11-4-5-12-10(8-11)2-1-3-14(18)17-12/h4-5,8,13,15H,1-3,6-7,9H2,(H,17,18). The van der Waals surface area contributed by atoms with Crippen molar-refractivity contribution in [2.75, 3.05) is 25.1 Å². The van der Waals surface area contributed by atoms with Gasteiger partial charge in [-0.15, -0.1) is 11.6 Å². The number of amides is 1. The lowest BCUT2D eigenvalue weighted by molar-refractivity contribution is -0.116. The van der Waals surface area contributed by atoms with Crippen LogP contribution in [0.1, 0.15) is 29.3 Å². The van der Waals surface area contributed by atoms with E-state index in [1.165, 1.54) is 0 Å². The summed E-state index contributed by atoms with van der Waals surface area (Å²) in [6.45, 7) is 1.76. The molecule has 1 aromatic carbocycles. The van der Waals surface area contributed by atoms with Crippen molar-refractivity contribution in [3.05, 3.63) is 29.3 Å². The van der Waals surface area contributed by atoms with E-state index in [1.807, 2.05) is 12.1 Å². The lowest BCUT2D eigenvalue weighted by atomic mass is 10.0. The van der Waals surface area contributed by atoms with Crippen LogP contribution in [0.25, 0.3) is 0 Å². The summed E-state index contributed by atoms with van der Waals surface area (Å²) in [6, 6.07) is 5.98. The Hall–Kier alpha value is -1.10. The number of hydrogen-bond acceptors (Lipinski definition) is 3. The van der Waals surface area contributed by atoms with Crippen LogP contribution in [-0.2, 0) is 20.7 Å². The molecule has 1 aromatic rings. The minimum atomic E-state index is -0.223. The first kappa shape index (κ1) is 13.9. The van der Waals surface area contributed by atoms with Crippen LogP contribution in [0.5, 0.6) is 0 Å². The number of fused-ring (bicyclic) bond motifs is 1. The zero-order valence-electron chi connectivity index (χ0n) is 11.2. The minimum absolute atomic E-state index is 0.0861. The van der Waals surface area contributed by atoms with Gasteiger partial charge in [0.1, 0.15) is 6.10 Å². The number of aryl methyl sites for hydroxylation is 1. The average Bonchev–Trinajstić information content (AvgIpc) is 2.67. The molecule has 0 spiro atoms. The number of halogens is 1. The second-order valence-corrected chi connectivity index (χ2v) is 5.67. The molecule has 5 heteroatoms. The normalized spacial score (nSPS) is 24.4. The first-order valence-corrected chi connectivity index (χ1v) is 7.44. The maximum Gasteiger partial charge on any atom is 0.224 e. The molecule has 0 aromatic heterocycles. The fraction of sp³-hybridized carbons (Fsp3) is 0.533. The van der Waals surface area contributed by atoms with E-state index < -0.39 is 0 Å². The summed E-state index contributed by atoms with van der Waals surface area (Å²) in [7, 11) is 0. The number of benzene rings is 1. The topological polar surface area (TPSA) is 47.6 Å². The highest BCUT2D eigenvalue weighted by Crippen LogP contribution is 2.32. The molecule has 108 valence electrons. The predicted molar refractivity (Wildman–Crippen MR) is 77.2 cm³/mol. The number of carbonyl (C=O) groups excluding carboxylic acids is 1. The number of anilines is 1. The van der Waals surface area contributed by atoms with Gasteiger partial charge in [-0.05, 0) is 30.0 Å². The molecule has 2 aliphatic rings. The van der Waals surface area contributed by atoms with E-state index >= 15 is 0 Å². The Bertz CT molecular complexity index is 500. The van der Waals surface area contributed by atoms with E-state index in [4.69, 9.17) is 21.1 Å². The predicted octanol–water partition coefficient (Wildman–Crippen LogP) is 2.66. The molecule has 0 saturated carbocycles. The van der Waals surface area contributed by atoms with E-state index in [0.29, 0.717) is 26.2 Å². The summed E-state index contributed by atoms with van der Waals surface area (Å²) in [5, 5.41) is 2.71.